The van der Waals surface area contributed by atoms with Gasteiger partial charge < -0.3 is 10.0 Å². The van der Waals surface area contributed by atoms with E-state index in [0.717, 1.165) is 4.90 Å². The molecule has 0 aromatic heterocycles. The highest BCUT2D eigenvalue weighted by molar-refractivity contribution is 5.97. The lowest BCUT2D eigenvalue weighted by atomic mass is 10.0. The van der Waals surface area contributed by atoms with Crippen LogP contribution in [0.25, 0.3) is 0 Å². The molecule has 5 heteroatoms. The zero-order valence-electron chi connectivity index (χ0n) is 10.8. The van der Waals surface area contributed by atoms with Crippen LogP contribution >= 0.6 is 0 Å². The first-order valence-corrected chi connectivity index (χ1v) is 5.45. The van der Waals surface area contributed by atoms with E-state index in [0.29, 0.717) is 5.56 Å². The lowest BCUT2D eigenvalue weighted by molar-refractivity contribution is -0.147. The van der Waals surface area contributed by atoms with Crippen LogP contribution in [-0.4, -0.2) is 34.5 Å². The summed E-state index contributed by atoms with van der Waals surface area (Å²) in [6.45, 7) is 4.49. The van der Waals surface area contributed by atoms with Crippen molar-refractivity contribution in [3.63, 3.8) is 0 Å². The number of amides is 1. The van der Waals surface area contributed by atoms with Crippen molar-refractivity contribution in [2.75, 3.05) is 7.05 Å². The standard InChI is InChI=1S/C13H16FNO3/c1-8-5-6-9(10(14)7-8)11(16)15(4)13(2,3)12(17)18/h5-7H,1-4H3,(H,17,18). The quantitative estimate of drug-likeness (QED) is 0.897. The second-order valence-corrected chi connectivity index (χ2v) is 4.71. The highest BCUT2D eigenvalue weighted by atomic mass is 19.1. The third-order valence-corrected chi connectivity index (χ3v) is 3.02. The number of aliphatic carboxylic acids is 1. The predicted molar refractivity (Wildman–Crippen MR) is 64.9 cm³/mol. The number of halogens is 1. The van der Waals surface area contributed by atoms with E-state index in [2.05, 4.69) is 0 Å². The minimum absolute atomic E-state index is 0.127. The summed E-state index contributed by atoms with van der Waals surface area (Å²) in [5.74, 6) is -2.45. The minimum Gasteiger partial charge on any atom is -0.480 e. The first kappa shape index (κ1) is 14.2. The Morgan fingerprint density at radius 3 is 2.33 bits per heavy atom. The number of benzene rings is 1. The van der Waals surface area contributed by atoms with E-state index in [4.69, 9.17) is 5.11 Å². The first-order valence-electron chi connectivity index (χ1n) is 5.45. The Bertz CT molecular complexity index is 497. The summed E-state index contributed by atoms with van der Waals surface area (Å²) in [6, 6.07) is 4.22. The number of carbonyl (C=O) groups excluding carboxylic acids is 1. The van der Waals surface area contributed by atoms with Gasteiger partial charge in [-0.25, -0.2) is 9.18 Å². The van der Waals surface area contributed by atoms with Gasteiger partial charge in [0.05, 0.1) is 5.56 Å². The third-order valence-electron chi connectivity index (χ3n) is 3.02. The fraction of sp³-hybridized carbons (Fsp3) is 0.385. The van der Waals surface area contributed by atoms with Crippen molar-refractivity contribution in [1.29, 1.82) is 0 Å². The van der Waals surface area contributed by atoms with Crippen molar-refractivity contribution in [2.24, 2.45) is 0 Å². The molecule has 0 atom stereocenters. The molecule has 1 aromatic rings. The molecule has 0 fully saturated rings. The zero-order chi connectivity index (χ0) is 14.1. The normalized spacial score (nSPS) is 11.2. The van der Waals surface area contributed by atoms with Crippen LogP contribution in [0.5, 0.6) is 0 Å². The lowest BCUT2D eigenvalue weighted by Crippen LogP contribution is -2.50. The summed E-state index contributed by atoms with van der Waals surface area (Å²) in [4.78, 5) is 24.1. The average molecular weight is 253 g/mol. The van der Waals surface area contributed by atoms with E-state index in [1.54, 1.807) is 13.0 Å². The second-order valence-electron chi connectivity index (χ2n) is 4.71. The Morgan fingerprint density at radius 2 is 1.89 bits per heavy atom. The fourth-order valence-corrected chi connectivity index (χ4v) is 1.37. The van der Waals surface area contributed by atoms with E-state index in [1.807, 2.05) is 0 Å². The van der Waals surface area contributed by atoms with Gasteiger partial charge in [-0.15, -0.1) is 0 Å². The number of hydrogen-bond acceptors (Lipinski definition) is 2. The molecule has 18 heavy (non-hydrogen) atoms. The summed E-state index contributed by atoms with van der Waals surface area (Å²) in [7, 11) is 1.34. The largest absolute Gasteiger partial charge is 0.480 e. The van der Waals surface area contributed by atoms with Crippen LogP contribution in [0.4, 0.5) is 4.39 Å². The number of carboxylic acid groups (broad SMARTS) is 1. The van der Waals surface area contributed by atoms with Crippen LogP contribution in [0.3, 0.4) is 0 Å². The van der Waals surface area contributed by atoms with Gasteiger partial charge in [-0.1, -0.05) is 6.07 Å². The van der Waals surface area contributed by atoms with Gasteiger partial charge in [-0.2, -0.15) is 0 Å². The molecule has 0 spiro atoms. The molecular formula is C13H16FNO3. The summed E-state index contributed by atoms with van der Waals surface area (Å²) >= 11 is 0. The Balaban J connectivity index is 3.11. The monoisotopic (exact) mass is 253 g/mol. The van der Waals surface area contributed by atoms with Gasteiger partial charge >= 0.3 is 5.97 Å². The lowest BCUT2D eigenvalue weighted by Gasteiger charge is -2.31. The Morgan fingerprint density at radius 1 is 1.33 bits per heavy atom. The van der Waals surface area contributed by atoms with Gasteiger partial charge in [0.25, 0.3) is 5.91 Å². The molecule has 0 aliphatic carbocycles. The molecule has 1 rings (SSSR count). The molecule has 0 saturated heterocycles. The van der Waals surface area contributed by atoms with E-state index in [-0.39, 0.29) is 5.56 Å². The number of likely N-dealkylation sites (N-methyl/N-ethyl adjacent to an activating group) is 1. The van der Waals surface area contributed by atoms with Gasteiger partial charge in [-0.05, 0) is 38.5 Å². The van der Waals surface area contributed by atoms with Crippen molar-refractivity contribution in [1.82, 2.24) is 4.90 Å². The number of carboxylic acids is 1. The highest BCUT2D eigenvalue weighted by Crippen LogP contribution is 2.18. The SMILES string of the molecule is Cc1ccc(C(=O)N(C)C(C)(C)C(=O)O)c(F)c1. The number of nitrogens with zero attached hydrogens (tertiary/aromatic N) is 1. The van der Waals surface area contributed by atoms with Crippen molar-refractivity contribution in [3.05, 3.63) is 35.1 Å². The molecule has 0 aliphatic heterocycles. The van der Waals surface area contributed by atoms with E-state index in [1.165, 1.54) is 33.0 Å². The highest BCUT2D eigenvalue weighted by Gasteiger charge is 2.36. The smallest absolute Gasteiger partial charge is 0.329 e. The molecule has 0 radical (unpaired) electrons. The molecule has 98 valence electrons. The molecule has 4 nitrogen and oxygen atoms in total. The van der Waals surface area contributed by atoms with Crippen molar-refractivity contribution in [2.45, 2.75) is 26.3 Å². The summed E-state index contributed by atoms with van der Waals surface area (Å²) < 4.78 is 13.7. The maximum absolute atomic E-state index is 13.7. The summed E-state index contributed by atoms with van der Waals surface area (Å²) in [6.07, 6.45) is 0. The Labute approximate surface area is 105 Å². The van der Waals surface area contributed by atoms with Gasteiger partial charge in [0.2, 0.25) is 0 Å². The molecular weight excluding hydrogens is 237 g/mol. The molecule has 0 saturated carbocycles. The second kappa shape index (κ2) is 4.76. The van der Waals surface area contributed by atoms with Crippen LogP contribution < -0.4 is 0 Å². The molecule has 1 N–H and O–H groups in total. The minimum atomic E-state index is -1.39. The molecule has 0 unspecified atom stereocenters. The van der Waals surface area contributed by atoms with E-state index >= 15 is 0 Å². The van der Waals surface area contributed by atoms with Crippen molar-refractivity contribution in [3.8, 4) is 0 Å². The van der Waals surface area contributed by atoms with Crippen molar-refractivity contribution >= 4 is 11.9 Å². The van der Waals surface area contributed by atoms with Crippen molar-refractivity contribution < 1.29 is 19.1 Å². The van der Waals surface area contributed by atoms with Crippen LogP contribution in [0.2, 0.25) is 0 Å². The van der Waals surface area contributed by atoms with Crippen LogP contribution in [0, 0.1) is 12.7 Å². The maximum Gasteiger partial charge on any atom is 0.329 e. The summed E-state index contributed by atoms with van der Waals surface area (Å²) in [5.41, 5.74) is -0.823. The van der Waals surface area contributed by atoms with Crippen LogP contribution in [0.15, 0.2) is 18.2 Å². The van der Waals surface area contributed by atoms with Gasteiger partial charge in [0.1, 0.15) is 11.4 Å². The van der Waals surface area contributed by atoms with Crippen LogP contribution in [0.1, 0.15) is 29.8 Å². The third kappa shape index (κ3) is 2.50. The first-order chi connectivity index (χ1) is 8.17. The number of aryl methyl sites for hydroxylation is 1. The van der Waals surface area contributed by atoms with Crippen LogP contribution in [-0.2, 0) is 4.79 Å². The van der Waals surface area contributed by atoms with Gasteiger partial charge in [0, 0.05) is 7.05 Å². The molecule has 1 aromatic carbocycles. The van der Waals surface area contributed by atoms with Gasteiger partial charge in [0.15, 0.2) is 0 Å². The topological polar surface area (TPSA) is 57.6 Å². The zero-order valence-corrected chi connectivity index (χ0v) is 10.8. The molecule has 0 heterocycles. The number of hydrogen-bond donors (Lipinski definition) is 1. The molecule has 0 aliphatic rings. The molecule has 0 bridgehead atoms. The van der Waals surface area contributed by atoms with Gasteiger partial charge in [-0.3, -0.25) is 4.79 Å². The predicted octanol–water partition coefficient (Wildman–Crippen LogP) is 2.07. The number of carbonyl (C=O) groups is 2. The molecule has 1 amide bonds. The average Bonchev–Trinajstić information content (AvgIpc) is 2.26. The Kier molecular flexibility index (Phi) is 3.74. The van der Waals surface area contributed by atoms with E-state index < -0.39 is 23.2 Å². The fourth-order valence-electron chi connectivity index (χ4n) is 1.37. The maximum atomic E-state index is 13.7. The Hall–Kier alpha value is -1.91. The number of rotatable bonds is 3. The summed E-state index contributed by atoms with van der Waals surface area (Å²) in [5, 5.41) is 9.03. The van der Waals surface area contributed by atoms with E-state index in [9.17, 15) is 14.0 Å².